The number of aromatic hydroxyl groups is 1. The van der Waals surface area contributed by atoms with Gasteiger partial charge in [-0.15, -0.1) is 0 Å². The Bertz CT molecular complexity index is 909. The second kappa shape index (κ2) is 6.19. The van der Waals surface area contributed by atoms with Gasteiger partial charge >= 0.3 is 0 Å². The van der Waals surface area contributed by atoms with Crippen molar-refractivity contribution >= 4 is 26.8 Å². The molecule has 3 nitrogen and oxygen atoms in total. The highest BCUT2D eigenvalue weighted by Gasteiger charge is 2.23. The number of phenolic OH excluding ortho intramolecular Hbond substituents is 1. The number of hydrogen-bond donors (Lipinski definition) is 1. The number of nitrogens with zero attached hydrogens (tertiary/aromatic N) is 2. The summed E-state index contributed by atoms with van der Waals surface area (Å²) in [7, 11) is 0. The van der Waals surface area contributed by atoms with Crippen LogP contribution >= 0.6 is 15.9 Å². The highest BCUT2D eigenvalue weighted by Crippen LogP contribution is 2.33. The van der Waals surface area contributed by atoms with Crippen LogP contribution in [0.25, 0.3) is 10.9 Å². The van der Waals surface area contributed by atoms with Crippen molar-refractivity contribution in [3.63, 3.8) is 0 Å². The Morgan fingerprint density at radius 2 is 2.04 bits per heavy atom. The number of halogens is 1. The summed E-state index contributed by atoms with van der Waals surface area (Å²) >= 11 is 3.54. The summed E-state index contributed by atoms with van der Waals surface area (Å²) in [6.07, 6.45) is 2.82. The molecule has 2 aromatic carbocycles. The number of pyridine rings is 1. The van der Waals surface area contributed by atoms with Crippen LogP contribution < -0.4 is 0 Å². The van der Waals surface area contributed by atoms with E-state index in [2.05, 4.69) is 57.0 Å². The van der Waals surface area contributed by atoms with Crippen molar-refractivity contribution in [2.24, 2.45) is 0 Å². The molecule has 0 saturated carbocycles. The predicted octanol–water partition coefficient (Wildman–Crippen LogP) is 4.82. The molecule has 1 aliphatic heterocycles. The molecule has 0 aliphatic carbocycles. The third-order valence-corrected chi connectivity index (χ3v) is 5.39. The molecule has 2 heterocycles. The normalized spacial score (nSPS) is 16.1. The van der Waals surface area contributed by atoms with E-state index in [0.29, 0.717) is 11.8 Å². The van der Waals surface area contributed by atoms with Crippen LogP contribution in [0.2, 0.25) is 0 Å². The summed E-state index contributed by atoms with van der Waals surface area (Å²) in [5.41, 5.74) is 4.92. The SMILES string of the molecule is CC(c1cccc2ncc(Br)cc12)N1CCc2cc(O)ccc2C1. The first-order chi connectivity index (χ1) is 11.6. The molecular formula is C20H19BrN2O. The maximum absolute atomic E-state index is 9.66. The van der Waals surface area contributed by atoms with E-state index < -0.39 is 0 Å². The van der Waals surface area contributed by atoms with Gasteiger partial charge < -0.3 is 5.11 Å². The minimum absolute atomic E-state index is 0.312. The lowest BCUT2D eigenvalue weighted by atomic mass is 9.95. The molecule has 0 radical (unpaired) electrons. The molecule has 1 aromatic heterocycles. The largest absolute Gasteiger partial charge is 0.508 e. The zero-order valence-electron chi connectivity index (χ0n) is 13.5. The van der Waals surface area contributed by atoms with Crippen molar-refractivity contribution in [2.75, 3.05) is 6.54 Å². The average Bonchev–Trinajstić information content (AvgIpc) is 2.60. The maximum atomic E-state index is 9.66. The van der Waals surface area contributed by atoms with Gasteiger partial charge in [-0.3, -0.25) is 9.88 Å². The first kappa shape index (κ1) is 15.6. The van der Waals surface area contributed by atoms with Gasteiger partial charge in [0.2, 0.25) is 0 Å². The number of phenols is 1. The van der Waals surface area contributed by atoms with Crippen molar-refractivity contribution in [1.82, 2.24) is 9.88 Å². The van der Waals surface area contributed by atoms with Crippen LogP contribution in [0.15, 0.2) is 53.1 Å². The van der Waals surface area contributed by atoms with Crippen molar-refractivity contribution in [1.29, 1.82) is 0 Å². The minimum atomic E-state index is 0.312. The number of benzene rings is 2. The van der Waals surface area contributed by atoms with Gasteiger partial charge in [-0.1, -0.05) is 18.2 Å². The summed E-state index contributed by atoms with van der Waals surface area (Å²) in [5.74, 6) is 0.361. The molecule has 1 unspecified atom stereocenters. The summed E-state index contributed by atoms with van der Waals surface area (Å²) in [6, 6.07) is 14.5. The lowest BCUT2D eigenvalue weighted by Gasteiger charge is -2.34. The number of fused-ring (bicyclic) bond motifs is 2. The molecule has 4 rings (SSSR count). The van der Waals surface area contributed by atoms with Gasteiger partial charge in [0.25, 0.3) is 0 Å². The number of rotatable bonds is 2. The van der Waals surface area contributed by atoms with Crippen LogP contribution in [0.1, 0.15) is 29.7 Å². The van der Waals surface area contributed by atoms with Crippen molar-refractivity contribution in [3.8, 4) is 5.75 Å². The van der Waals surface area contributed by atoms with Gasteiger partial charge in [0.05, 0.1) is 5.52 Å². The van der Waals surface area contributed by atoms with E-state index in [1.165, 1.54) is 22.1 Å². The van der Waals surface area contributed by atoms with E-state index in [9.17, 15) is 5.11 Å². The quantitative estimate of drug-likeness (QED) is 0.689. The Balaban J connectivity index is 1.68. The van der Waals surface area contributed by atoms with Crippen LogP contribution in [0.3, 0.4) is 0 Å². The molecular weight excluding hydrogens is 364 g/mol. The smallest absolute Gasteiger partial charge is 0.115 e. The molecule has 4 heteroatoms. The maximum Gasteiger partial charge on any atom is 0.115 e. The van der Waals surface area contributed by atoms with Crippen LogP contribution in [0.4, 0.5) is 0 Å². The highest BCUT2D eigenvalue weighted by atomic mass is 79.9. The first-order valence-electron chi connectivity index (χ1n) is 8.21. The van der Waals surface area contributed by atoms with E-state index in [1.54, 1.807) is 6.07 Å². The van der Waals surface area contributed by atoms with Crippen LogP contribution in [-0.4, -0.2) is 21.5 Å². The lowest BCUT2D eigenvalue weighted by Crippen LogP contribution is -2.32. The van der Waals surface area contributed by atoms with E-state index in [1.807, 2.05) is 18.3 Å². The molecule has 0 amide bonds. The van der Waals surface area contributed by atoms with Crippen molar-refractivity contribution in [2.45, 2.75) is 25.9 Å². The fraction of sp³-hybridized carbons (Fsp3) is 0.250. The van der Waals surface area contributed by atoms with Gasteiger partial charge in [-0.2, -0.15) is 0 Å². The first-order valence-corrected chi connectivity index (χ1v) is 9.00. The van der Waals surface area contributed by atoms with Gasteiger partial charge in [0, 0.05) is 35.2 Å². The van der Waals surface area contributed by atoms with Gasteiger partial charge in [0.15, 0.2) is 0 Å². The highest BCUT2D eigenvalue weighted by molar-refractivity contribution is 9.10. The molecule has 1 aliphatic rings. The molecule has 0 fully saturated rings. The lowest BCUT2D eigenvalue weighted by molar-refractivity contribution is 0.193. The third-order valence-electron chi connectivity index (χ3n) is 4.96. The molecule has 1 N–H and O–H groups in total. The Hall–Kier alpha value is -1.91. The summed E-state index contributed by atoms with van der Waals surface area (Å²) < 4.78 is 1.01. The number of aromatic nitrogens is 1. The molecule has 24 heavy (non-hydrogen) atoms. The number of hydrogen-bond acceptors (Lipinski definition) is 3. The van der Waals surface area contributed by atoms with Crippen LogP contribution in [0.5, 0.6) is 5.75 Å². The second-order valence-electron chi connectivity index (χ2n) is 6.42. The Morgan fingerprint density at radius 1 is 1.17 bits per heavy atom. The van der Waals surface area contributed by atoms with E-state index in [0.717, 1.165) is 29.5 Å². The van der Waals surface area contributed by atoms with Gasteiger partial charge in [-0.25, -0.2) is 0 Å². The Morgan fingerprint density at radius 3 is 2.92 bits per heavy atom. The molecule has 0 saturated heterocycles. The molecule has 3 aromatic rings. The third kappa shape index (κ3) is 2.80. The van der Waals surface area contributed by atoms with Crippen LogP contribution in [0, 0.1) is 0 Å². The van der Waals surface area contributed by atoms with Gasteiger partial charge in [-0.05, 0) is 70.2 Å². The van der Waals surface area contributed by atoms with E-state index in [4.69, 9.17) is 0 Å². The molecule has 1 atom stereocenters. The average molecular weight is 383 g/mol. The monoisotopic (exact) mass is 382 g/mol. The van der Waals surface area contributed by atoms with Gasteiger partial charge in [0.1, 0.15) is 5.75 Å². The Kier molecular flexibility index (Phi) is 4.02. The van der Waals surface area contributed by atoms with Crippen molar-refractivity contribution < 1.29 is 5.11 Å². The zero-order valence-corrected chi connectivity index (χ0v) is 15.1. The van der Waals surface area contributed by atoms with E-state index >= 15 is 0 Å². The fourth-order valence-corrected chi connectivity index (χ4v) is 3.93. The fourth-order valence-electron chi connectivity index (χ4n) is 3.60. The Labute approximate surface area is 150 Å². The molecule has 0 bridgehead atoms. The topological polar surface area (TPSA) is 36.4 Å². The predicted molar refractivity (Wildman–Crippen MR) is 100 cm³/mol. The van der Waals surface area contributed by atoms with E-state index in [-0.39, 0.29) is 0 Å². The zero-order chi connectivity index (χ0) is 16.7. The standard InChI is InChI=1S/C20H19BrN2O/c1-13(18-3-2-4-20-19(18)10-16(21)11-22-20)23-8-7-14-9-17(24)6-5-15(14)12-23/h2-6,9-11,13,24H,7-8,12H2,1H3. The van der Waals surface area contributed by atoms with Crippen molar-refractivity contribution in [3.05, 3.63) is 69.8 Å². The summed E-state index contributed by atoms with van der Waals surface area (Å²) in [6.45, 7) is 4.17. The minimum Gasteiger partial charge on any atom is -0.508 e. The molecule has 122 valence electrons. The van der Waals surface area contributed by atoms with Crippen LogP contribution in [-0.2, 0) is 13.0 Å². The summed E-state index contributed by atoms with van der Waals surface area (Å²) in [5, 5.41) is 10.9. The second-order valence-corrected chi connectivity index (χ2v) is 7.33. The summed E-state index contributed by atoms with van der Waals surface area (Å²) in [4.78, 5) is 7.02. The molecule has 0 spiro atoms.